The van der Waals surface area contributed by atoms with E-state index in [1.807, 2.05) is 13.8 Å². The number of rotatable bonds is 5. The third-order valence-electron chi connectivity index (χ3n) is 3.17. The van der Waals surface area contributed by atoms with Crippen LogP contribution in [0.4, 0.5) is 5.69 Å². The van der Waals surface area contributed by atoms with Gasteiger partial charge in [-0.25, -0.2) is 0 Å². The van der Waals surface area contributed by atoms with Gasteiger partial charge in [0.2, 0.25) is 0 Å². The van der Waals surface area contributed by atoms with Crippen molar-refractivity contribution in [3.63, 3.8) is 0 Å². The van der Waals surface area contributed by atoms with Crippen molar-refractivity contribution >= 4 is 11.6 Å². The smallest absolute Gasteiger partial charge is 0.255 e. The second kappa shape index (κ2) is 5.73. The van der Waals surface area contributed by atoms with Crippen LogP contribution < -0.4 is 11.1 Å². The number of carbonyl (C=O) groups excluding carboxylic acids is 1. The highest BCUT2D eigenvalue weighted by molar-refractivity contribution is 5.98. The van der Waals surface area contributed by atoms with Crippen molar-refractivity contribution in [1.29, 1.82) is 0 Å². The van der Waals surface area contributed by atoms with Crippen molar-refractivity contribution in [3.8, 4) is 5.75 Å². The molecule has 1 aromatic rings. The maximum Gasteiger partial charge on any atom is 0.255 e. The summed E-state index contributed by atoms with van der Waals surface area (Å²) in [7, 11) is 0. The molecule has 0 radical (unpaired) electrons. The molecular weight excluding hydrogens is 232 g/mol. The fraction of sp³-hybridized carbons (Fsp3) is 0.462. The summed E-state index contributed by atoms with van der Waals surface area (Å²) in [4.78, 5) is 12.1. The molecule has 1 rings (SSSR count). The van der Waals surface area contributed by atoms with Crippen LogP contribution in [0.2, 0.25) is 0 Å². The quantitative estimate of drug-likeness (QED) is 0.468. The standard InChI is InChI=1S/C13H20N2O3/c1-3-13(2,7-8-16)15-12(18)9-5-4-6-10(14)11(9)17/h4-6,16-17H,3,7-8,14H2,1-2H3,(H,15,18). The lowest BCUT2D eigenvalue weighted by Crippen LogP contribution is -2.46. The van der Waals surface area contributed by atoms with Crippen molar-refractivity contribution < 1.29 is 15.0 Å². The lowest BCUT2D eigenvalue weighted by atomic mass is 9.94. The Balaban J connectivity index is 2.91. The SMILES string of the molecule is CCC(C)(CCO)NC(=O)c1cccc(N)c1O. The van der Waals surface area contributed by atoms with Gasteiger partial charge in [0, 0.05) is 12.1 Å². The number of hydrogen-bond acceptors (Lipinski definition) is 4. The molecular formula is C13H20N2O3. The number of benzene rings is 1. The van der Waals surface area contributed by atoms with Crippen LogP contribution >= 0.6 is 0 Å². The highest BCUT2D eigenvalue weighted by Crippen LogP contribution is 2.25. The zero-order valence-corrected chi connectivity index (χ0v) is 10.7. The van der Waals surface area contributed by atoms with E-state index in [0.29, 0.717) is 12.8 Å². The molecule has 5 N–H and O–H groups in total. The van der Waals surface area contributed by atoms with Gasteiger partial charge in [0.25, 0.3) is 5.91 Å². The molecule has 1 unspecified atom stereocenters. The molecule has 0 aromatic heterocycles. The molecule has 0 saturated carbocycles. The average Bonchev–Trinajstić information content (AvgIpc) is 2.32. The van der Waals surface area contributed by atoms with E-state index >= 15 is 0 Å². The van der Waals surface area contributed by atoms with Crippen molar-refractivity contribution in [3.05, 3.63) is 23.8 Å². The Labute approximate surface area is 107 Å². The van der Waals surface area contributed by atoms with Gasteiger partial charge in [-0.05, 0) is 31.9 Å². The van der Waals surface area contributed by atoms with Crippen molar-refractivity contribution in [2.45, 2.75) is 32.2 Å². The van der Waals surface area contributed by atoms with Gasteiger partial charge in [0.15, 0.2) is 5.75 Å². The van der Waals surface area contributed by atoms with Gasteiger partial charge in [-0.1, -0.05) is 13.0 Å². The number of nitrogens with two attached hydrogens (primary N) is 1. The molecule has 5 nitrogen and oxygen atoms in total. The third kappa shape index (κ3) is 3.13. The minimum absolute atomic E-state index is 0.00642. The van der Waals surface area contributed by atoms with Crippen LogP contribution in [0.25, 0.3) is 0 Å². The summed E-state index contributed by atoms with van der Waals surface area (Å²) < 4.78 is 0. The fourth-order valence-electron chi connectivity index (χ4n) is 1.66. The largest absolute Gasteiger partial charge is 0.505 e. The van der Waals surface area contributed by atoms with Crippen LogP contribution in [0.5, 0.6) is 5.75 Å². The van der Waals surface area contributed by atoms with Gasteiger partial charge < -0.3 is 21.3 Å². The summed E-state index contributed by atoms with van der Waals surface area (Å²) >= 11 is 0. The van der Waals surface area contributed by atoms with Crippen LogP contribution in [0, 0.1) is 0 Å². The van der Waals surface area contributed by atoms with Crippen LogP contribution in [-0.4, -0.2) is 28.3 Å². The molecule has 18 heavy (non-hydrogen) atoms. The number of aliphatic hydroxyl groups is 1. The Bertz CT molecular complexity index is 434. The van der Waals surface area contributed by atoms with E-state index in [9.17, 15) is 9.90 Å². The van der Waals surface area contributed by atoms with E-state index in [1.165, 1.54) is 12.1 Å². The maximum absolute atomic E-state index is 12.1. The number of phenolic OH excluding ortho intramolecular Hbond substituents is 1. The summed E-state index contributed by atoms with van der Waals surface area (Å²) in [6.45, 7) is 3.77. The van der Waals surface area contributed by atoms with Crippen LogP contribution in [-0.2, 0) is 0 Å². The fourth-order valence-corrected chi connectivity index (χ4v) is 1.66. The van der Waals surface area contributed by atoms with E-state index in [4.69, 9.17) is 10.8 Å². The second-order valence-corrected chi connectivity index (χ2v) is 4.59. The third-order valence-corrected chi connectivity index (χ3v) is 3.17. The van der Waals surface area contributed by atoms with E-state index in [0.717, 1.165) is 0 Å². The molecule has 0 aliphatic heterocycles. The molecule has 1 atom stereocenters. The van der Waals surface area contributed by atoms with Crippen molar-refractivity contribution in [2.24, 2.45) is 0 Å². The molecule has 1 amide bonds. The molecule has 5 heteroatoms. The molecule has 0 fully saturated rings. The first kappa shape index (κ1) is 14.3. The first-order valence-corrected chi connectivity index (χ1v) is 5.94. The van der Waals surface area contributed by atoms with Gasteiger partial charge in [-0.3, -0.25) is 4.79 Å². The summed E-state index contributed by atoms with van der Waals surface area (Å²) in [6, 6.07) is 4.65. The first-order valence-electron chi connectivity index (χ1n) is 5.94. The van der Waals surface area contributed by atoms with Crippen molar-refractivity contribution in [1.82, 2.24) is 5.32 Å². The van der Waals surface area contributed by atoms with Crippen LogP contribution in [0.1, 0.15) is 37.0 Å². The highest BCUT2D eigenvalue weighted by Gasteiger charge is 2.25. The number of phenols is 1. The normalized spacial score (nSPS) is 13.9. The zero-order valence-electron chi connectivity index (χ0n) is 10.7. The summed E-state index contributed by atoms with van der Waals surface area (Å²) in [5.74, 6) is -0.602. The van der Waals surface area contributed by atoms with Gasteiger partial charge in [0.05, 0.1) is 11.3 Å². The predicted molar refractivity (Wildman–Crippen MR) is 70.4 cm³/mol. The first-order chi connectivity index (χ1) is 8.43. The number of anilines is 1. The number of amides is 1. The monoisotopic (exact) mass is 252 g/mol. The van der Waals surface area contributed by atoms with Gasteiger partial charge >= 0.3 is 0 Å². The lowest BCUT2D eigenvalue weighted by Gasteiger charge is -2.29. The predicted octanol–water partition coefficient (Wildman–Crippen LogP) is 1.26. The van der Waals surface area contributed by atoms with E-state index in [-0.39, 0.29) is 23.6 Å². The Morgan fingerprint density at radius 1 is 1.50 bits per heavy atom. The Kier molecular flexibility index (Phi) is 4.55. The number of nitrogen functional groups attached to an aromatic ring is 1. The summed E-state index contributed by atoms with van der Waals surface area (Å²) in [6.07, 6.45) is 1.14. The maximum atomic E-state index is 12.1. The number of hydrogen-bond donors (Lipinski definition) is 4. The Morgan fingerprint density at radius 2 is 2.17 bits per heavy atom. The number of aromatic hydroxyl groups is 1. The minimum atomic E-state index is -0.497. The van der Waals surface area contributed by atoms with Crippen molar-refractivity contribution in [2.75, 3.05) is 12.3 Å². The minimum Gasteiger partial charge on any atom is -0.505 e. The number of aliphatic hydroxyl groups excluding tert-OH is 1. The molecule has 0 aliphatic carbocycles. The highest BCUT2D eigenvalue weighted by atomic mass is 16.3. The number of para-hydroxylation sites is 1. The molecule has 0 aliphatic rings. The van der Waals surface area contributed by atoms with Gasteiger partial charge in [0.1, 0.15) is 0 Å². The van der Waals surface area contributed by atoms with Crippen LogP contribution in [0.15, 0.2) is 18.2 Å². The van der Waals surface area contributed by atoms with Gasteiger partial charge in [-0.2, -0.15) is 0 Å². The van der Waals surface area contributed by atoms with E-state index in [2.05, 4.69) is 5.32 Å². The average molecular weight is 252 g/mol. The molecule has 0 heterocycles. The summed E-state index contributed by atoms with van der Waals surface area (Å²) in [5, 5.41) is 21.5. The molecule has 100 valence electrons. The summed E-state index contributed by atoms with van der Waals surface area (Å²) in [5.41, 5.74) is 5.36. The molecule has 1 aromatic carbocycles. The molecule has 0 saturated heterocycles. The second-order valence-electron chi connectivity index (χ2n) is 4.59. The van der Waals surface area contributed by atoms with E-state index in [1.54, 1.807) is 6.07 Å². The lowest BCUT2D eigenvalue weighted by molar-refractivity contribution is 0.0883. The number of carbonyl (C=O) groups is 1. The molecule has 0 spiro atoms. The Morgan fingerprint density at radius 3 is 2.72 bits per heavy atom. The van der Waals surface area contributed by atoms with Crippen LogP contribution in [0.3, 0.4) is 0 Å². The Hall–Kier alpha value is -1.75. The zero-order chi connectivity index (χ0) is 13.8. The van der Waals surface area contributed by atoms with Gasteiger partial charge in [-0.15, -0.1) is 0 Å². The molecule has 0 bridgehead atoms. The topological polar surface area (TPSA) is 95.6 Å². The van der Waals surface area contributed by atoms with E-state index < -0.39 is 11.4 Å². The number of nitrogens with one attached hydrogen (secondary N) is 1.